The van der Waals surface area contributed by atoms with Crippen LogP contribution >= 0.6 is 0 Å². The number of anilines is 2. The zero-order valence-electron chi connectivity index (χ0n) is 18.6. The number of carbonyl (C=O) groups is 2. The Morgan fingerprint density at radius 1 is 1.26 bits per heavy atom. The minimum absolute atomic E-state index is 0.123. The number of rotatable bonds is 10. The molecule has 0 saturated carbocycles. The molecule has 0 bridgehead atoms. The van der Waals surface area contributed by atoms with E-state index in [9.17, 15) is 9.59 Å². The summed E-state index contributed by atoms with van der Waals surface area (Å²) in [6, 6.07) is 5.27. The molecule has 1 aliphatic rings. The van der Waals surface area contributed by atoms with Gasteiger partial charge in [-0.3, -0.25) is 14.3 Å². The molecule has 1 aromatic carbocycles. The maximum Gasteiger partial charge on any atom is 0.229 e. The predicted octanol–water partition coefficient (Wildman–Crippen LogP) is 2.23. The summed E-state index contributed by atoms with van der Waals surface area (Å²) >= 11 is 0. The highest BCUT2D eigenvalue weighted by molar-refractivity contribution is 6.04. The van der Waals surface area contributed by atoms with Crippen molar-refractivity contribution in [2.45, 2.75) is 26.8 Å². The molecule has 0 aliphatic carbocycles. The van der Waals surface area contributed by atoms with Crippen LogP contribution in [0, 0.1) is 5.92 Å². The molecule has 2 amide bonds. The van der Waals surface area contributed by atoms with Gasteiger partial charge in [0.1, 0.15) is 11.5 Å². The lowest BCUT2D eigenvalue weighted by Crippen LogP contribution is -2.28. The number of methoxy groups -OCH3 is 2. The van der Waals surface area contributed by atoms with E-state index in [4.69, 9.17) is 9.47 Å². The molecule has 1 fully saturated rings. The molecule has 0 radical (unpaired) electrons. The molecule has 1 aliphatic heterocycles. The average Bonchev–Trinajstić information content (AvgIpc) is 3.40. The summed E-state index contributed by atoms with van der Waals surface area (Å²) < 4.78 is 12.5. The van der Waals surface area contributed by atoms with Crippen LogP contribution in [0.4, 0.5) is 11.4 Å². The van der Waals surface area contributed by atoms with Crippen LogP contribution in [-0.4, -0.2) is 66.9 Å². The normalized spacial score (nSPS) is 16.1. The number of aromatic nitrogens is 2. The third-order valence-electron chi connectivity index (χ3n) is 5.61. The Balaban J connectivity index is 1.62. The van der Waals surface area contributed by atoms with Crippen molar-refractivity contribution in [3.8, 4) is 11.5 Å². The molecule has 9 heteroatoms. The molecule has 1 aromatic heterocycles. The van der Waals surface area contributed by atoms with E-state index < -0.39 is 5.92 Å². The van der Waals surface area contributed by atoms with E-state index in [0.717, 1.165) is 26.2 Å². The van der Waals surface area contributed by atoms with Gasteiger partial charge < -0.3 is 24.6 Å². The quantitative estimate of drug-likeness (QED) is 0.623. The molecule has 168 valence electrons. The van der Waals surface area contributed by atoms with Crippen LogP contribution in [0.5, 0.6) is 11.5 Å². The highest BCUT2D eigenvalue weighted by Crippen LogP contribution is 2.36. The predicted molar refractivity (Wildman–Crippen MR) is 119 cm³/mol. The molecule has 0 spiro atoms. The van der Waals surface area contributed by atoms with Crippen molar-refractivity contribution in [3.05, 3.63) is 30.6 Å². The fraction of sp³-hybridized carbons (Fsp3) is 0.500. The van der Waals surface area contributed by atoms with E-state index in [2.05, 4.69) is 29.2 Å². The monoisotopic (exact) mass is 429 g/mol. The number of nitrogens with zero attached hydrogens (tertiary/aromatic N) is 4. The molecule has 2 aromatic rings. The van der Waals surface area contributed by atoms with Crippen molar-refractivity contribution >= 4 is 23.2 Å². The van der Waals surface area contributed by atoms with Gasteiger partial charge in [-0.05, 0) is 25.2 Å². The first kappa shape index (κ1) is 22.6. The summed E-state index contributed by atoms with van der Waals surface area (Å²) in [5.74, 6) is 0.406. The molecule has 1 saturated heterocycles. The Kier molecular flexibility index (Phi) is 7.51. The molecule has 1 N–H and O–H groups in total. The zero-order chi connectivity index (χ0) is 22.4. The lowest BCUT2D eigenvalue weighted by Gasteiger charge is -2.20. The van der Waals surface area contributed by atoms with E-state index in [1.54, 1.807) is 43.5 Å². The van der Waals surface area contributed by atoms with Crippen molar-refractivity contribution in [2.75, 3.05) is 50.6 Å². The van der Waals surface area contributed by atoms with Crippen LogP contribution in [0.3, 0.4) is 0 Å². The summed E-state index contributed by atoms with van der Waals surface area (Å²) in [4.78, 5) is 29.3. The molecular formula is C22H31N5O4. The largest absolute Gasteiger partial charge is 0.497 e. The number of hydrogen-bond acceptors (Lipinski definition) is 6. The van der Waals surface area contributed by atoms with Crippen molar-refractivity contribution in [3.63, 3.8) is 0 Å². The first-order chi connectivity index (χ1) is 15.0. The Morgan fingerprint density at radius 2 is 2.03 bits per heavy atom. The second-order valence-electron chi connectivity index (χ2n) is 7.45. The van der Waals surface area contributed by atoms with Gasteiger partial charge in [-0.2, -0.15) is 5.10 Å². The van der Waals surface area contributed by atoms with E-state index in [-0.39, 0.29) is 24.8 Å². The van der Waals surface area contributed by atoms with E-state index >= 15 is 0 Å². The van der Waals surface area contributed by atoms with Crippen molar-refractivity contribution in [1.29, 1.82) is 0 Å². The number of nitrogens with one attached hydrogen (secondary N) is 1. The summed E-state index contributed by atoms with van der Waals surface area (Å²) in [5.41, 5.74) is 1.24. The third-order valence-corrected chi connectivity index (χ3v) is 5.61. The Morgan fingerprint density at radius 3 is 2.71 bits per heavy atom. The van der Waals surface area contributed by atoms with Crippen LogP contribution < -0.4 is 19.7 Å². The second-order valence-corrected chi connectivity index (χ2v) is 7.45. The van der Waals surface area contributed by atoms with Gasteiger partial charge in [-0.15, -0.1) is 0 Å². The number of benzene rings is 1. The number of ether oxygens (including phenoxy) is 2. The van der Waals surface area contributed by atoms with Gasteiger partial charge in [-0.1, -0.05) is 13.8 Å². The minimum atomic E-state index is -0.456. The first-order valence-electron chi connectivity index (χ1n) is 10.6. The number of carbonyl (C=O) groups excluding carboxylic acids is 2. The number of hydrogen-bond donors (Lipinski definition) is 1. The smallest absolute Gasteiger partial charge is 0.229 e. The second kappa shape index (κ2) is 10.3. The standard InChI is InChI=1S/C22H31N5O4/c1-5-25(6-2)9-10-26-15-17(13-23-26)24-22(29)16-11-21(28)27(14-16)19-12-18(30-3)7-8-20(19)31-4/h7-8,12-13,15-16H,5-6,9-11,14H2,1-4H3,(H,24,29). The fourth-order valence-corrected chi connectivity index (χ4v) is 3.70. The third kappa shape index (κ3) is 5.35. The van der Waals surface area contributed by atoms with Gasteiger partial charge in [0.25, 0.3) is 0 Å². The van der Waals surface area contributed by atoms with Crippen molar-refractivity contribution in [2.24, 2.45) is 5.92 Å². The zero-order valence-corrected chi connectivity index (χ0v) is 18.6. The fourth-order valence-electron chi connectivity index (χ4n) is 3.70. The lowest BCUT2D eigenvalue weighted by atomic mass is 10.1. The van der Waals surface area contributed by atoms with Crippen LogP contribution in [0.1, 0.15) is 20.3 Å². The SMILES string of the molecule is CCN(CC)CCn1cc(NC(=O)C2CC(=O)N(c3cc(OC)ccc3OC)C2)cn1. The first-order valence-corrected chi connectivity index (χ1v) is 10.6. The van der Waals surface area contributed by atoms with Gasteiger partial charge in [0.05, 0.1) is 44.3 Å². The van der Waals surface area contributed by atoms with Gasteiger partial charge in [-0.25, -0.2) is 0 Å². The Hall–Kier alpha value is -3.07. The van der Waals surface area contributed by atoms with Crippen molar-refractivity contribution in [1.82, 2.24) is 14.7 Å². The van der Waals surface area contributed by atoms with E-state index in [1.807, 2.05) is 10.9 Å². The van der Waals surface area contributed by atoms with Gasteiger partial charge in [0.15, 0.2) is 0 Å². The summed E-state index contributed by atoms with van der Waals surface area (Å²) in [5, 5.41) is 7.22. The van der Waals surface area contributed by atoms with Crippen LogP contribution in [0.15, 0.2) is 30.6 Å². The maximum atomic E-state index is 12.8. The molecular weight excluding hydrogens is 398 g/mol. The van der Waals surface area contributed by atoms with Crippen LogP contribution in [0.2, 0.25) is 0 Å². The van der Waals surface area contributed by atoms with Gasteiger partial charge in [0, 0.05) is 31.8 Å². The molecule has 31 heavy (non-hydrogen) atoms. The van der Waals surface area contributed by atoms with Crippen LogP contribution in [-0.2, 0) is 16.1 Å². The molecule has 1 unspecified atom stereocenters. The molecule has 9 nitrogen and oxygen atoms in total. The van der Waals surface area contributed by atoms with E-state index in [1.165, 1.54) is 0 Å². The Labute approximate surface area is 182 Å². The average molecular weight is 430 g/mol. The number of amides is 2. The van der Waals surface area contributed by atoms with Crippen LogP contribution in [0.25, 0.3) is 0 Å². The highest BCUT2D eigenvalue weighted by atomic mass is 16.5. The molecule has 3 rings (SSSR count). The summed E-state index contributed by atoms with van der Waals surface area (Å²) in [6.07, 6.45) is 3.60. The summed E-state index contributed by atoms with van der Waals surface area (Å²) in [7, 11) is 3.11. The molecule has 2 heterocycles. The minimum Gasteiger partial charge on any atom is -0.497 e. The van der Waals surface area contributed by atoms with Gasteiger partial charge in [0.2, 0.25) is 11.8 Å². The highest BCUT2D eigenvalue weighted by Gasteiger charge is 2.36. The Bertz CT molecular complexity index is 909. The maximum absolute atomic E-state index is 12.8. The molecule has 1 atom stereocenters. The topological polar surface area (TPSA) is 88.9 Å². The van der Waals surface area contributed by atoms with Gasteiger partial charge >= 0.3 is 0 Å². The van der Waals surface area contributed by atoms with Crippen molar-refractivity contribution < 1.29 is 19.1 Å². The number of likely N-dealkylation sites (N-methyl/N-ethyl adjacent to an activating group) is 1. The lowest BCUT2D eigenvalue weighted by molar-refractivity contribution is -0.122. The summed E-state index contributed by atoms with van der Waals surface area (Å²) in [6.45, 7) is 8.18. The van der Waals surface area contributed by atoms with E-state index in [0.29, 0.717) is 22.9 Å².